The smallest absolute Gasteiger partial charge is 0.157 e. The molecule has 4 atom stereocenters. The van der Waals surface area contributed by atoms with Gasteiger partial charge in [0.15, 0.2) is 11.7 Å². The summed E-state index contributed by atoms with van der Waals surface area (Å²) in [5.74, 6) is 0.0152. The van der Waals surface area contributed by atoms with Crippen LogP contribution in [0.15, 0.2) is 49.3 Å². The Bertz CT molecular complexity index is 1290. The standard InChI is InChI=1S/C25H23FN4O3/c1-4-25-21(12-31-23(25)16(10-27)11-32-25)33-20-9-17(26)5-6-18(20)30-24-22-15(3)7-14(2)8-19(22)28-13-29-24/h4-9,13,16,21,23H,1,11-12H2,2-3H3,(H,28,29,30). The van der Waals surface area contributed by atoms with Gasteiger partial charge in [-0.1, -0.05) is 18.7 Å². The molecule has 1 aromatic heterocycles. The van der Waals surface area contributed by atoms with Gasteiger partial charge in [0.25, 0.3) is 0 Å². The Hall–Kier alpha value is -3.54. The van der Waals surface area contributed by atoms with Gasteiger partial charge in [0.05, 0.1) is 36.4 Å². The van der Waals surface area contributed by atoms with Crippen LogP contribution in [0.2, 0.25) is 0 Å². The monoisotopic (exact) mass is 446 g/mol. The summed E-state index contributed by atoms with van der Waals surface area (Å²) in [7, 11) is 0. The van der Waals surface area contributed by atoms with E-state index in [1.165, 1.54) is 18.5 Å². The molecule has 2 aliphatic heterocycles. The topological polar surface area (TPSA) is 89.3 Å². The van der Waals surface area contributed by atoms with Gasteiger partial charge in [0.1, 0.15) is 29.8 Å². The number of benzene rings is 2. The SMILES string of the molecule is C=CC12OCC(C#N)C1OCC2Oc1cc(F)ccc1Nc1ncnc2cc(C)cc(C)c12. The minimum absolute atomic E-state index is 0.194. The molecule has 2 aliphatic rings. The van der Waals surface area contributed by atoms with E-state index in [0.717, 1.165) is 22.0 Å². The highest BCUT2D eigenvalue weighted by Crippen LogP contribution is 2.44. The first-order valence-corrected chi connectivity index (χ1v) is 10.7. The van der Waals surface area contributed by atoms with Crippen molar-refractivity contribution < 1.29 is 18.6 Å². The highest BCUT2D eigenvalue weighted by molar-refractivity contribution is 5.94. The number of aromatic nitrogens is 2. The van der Waals surface area contributed by atoms with Gasteiger partial charge in [0.2, 0.25) is 0 Å². The quantitative estimate of drug-likeness (QED) is 0.582. The lowest BCUT2D eigenvalue weighted by Gasteiger charge is -2.30. The Labute approximate surface area is 190 Å². The maximum absolute atomic E-state index is 14.2. The highest BCUT2D eigenvalue weighted by atomic mass is 19.1. The Balaban J connectivity index is 1.50. The molecule has 0 spiro atoms. The number of nitrogens with zero attached hydrogens (tertiary/aromatic N) is 3. The van der Waals surface area contributed by atoms with Crippen molar-refractivity contribution in [2.24, 2.45) is 5.92 Å². The van der Waals surface area contributed by atoms with Crippen molar-refractivity contribution in [3.8, 4) is 11.8 Å². The van der Waals surface area contributed by atoms with E-state index in [1.54, 1.807) is 12.1 Å². The summed E-state index contributed by atoms with van der Waals surface area (Å²) in [6.07, 6.45) is 2.05. The molecule has 2 fully saturated rings. The van der Waals surface area contributed by atoms with Crippen LogP contribution in [0.4, 0.5) is 15.9 Å². The van der Waals surface area contributed by atoms with E-state index in [4.69, 9.17) is 14.2 Å². The Kier molecular flexibility index (Phi) is 5.23. The molecule has 4 unspecified atom stereocenters. The molecular formula is C25H23FN4O3. The van der Waals surface area contributed by atoms with Crippen molar-refractivity contribution >= 4 is 22.4 Å². The average molecular weight is 446 g/mol. The summed E-state index contributed by atoms with van der Waals surface area (Å²) in [6.45, 7) is 8.33. The molecule has 5 rings (SSSR count). The number of ether oxygens (including phenoxy) is 3. The summed E-state index contributed by atoms with van der Waals surface area (Å²) in [5.41, 5.74) is 2.51. The molecule has 0 amide bonds. The average Bonchev–Trinajstić information content (AvgIpc) is 3.33. The van der Waals surface area contributed by atoms with Crippen LogP contribution < -0.4 is 10.1 Å². The van der Waals surface area contributed by atoms with Gasteiger partial charge in [-0.3, -0.25) is 0 Å². The minimum Gasteiger partial charge on any atom is -0.482 e. The second-order valence-electron chi connectivity index (χ2n) is 8.43. The van der Waals surface area contributed by atoms with Gasteiger partial charge in [-0.2, -0.15) is 5.26 Å². The molecule has 33 heavy (non-hydrogen) atoms. The molecule has 1 N–H and O–H groups in total. The van der Waals surface area contributed by atoms with E-state index in [0.29, 0.717) is 11.5 Å². The molecule has 2 saturated heterocycles. The molecule has 2 aromatic carbocycles. The van der Waals surface area contributed by atoms with Crippen molar-refractivity contribution in [2.75, 3.05) is 18.5 Å². The van der Waals surface area contributed by atoms with Crippen molar-refractivity contribution in [1.29, 1.82) is 5.26 Å². The largest absolute Gasteiger partial charge is 0.482 e. The fraction of sp³-hybridized carbons (Fsp3) is 0.320. The number of rotatable bonds is 5. The molecule has 3 heterocycles. The van der Waals surface area contributed by atoms with Gasteiger partial charge in [0, 0.05) is 11.5 Å². The number of aryl methyl sites for hydroxylation is 2. The van der Waals surface area contributed by atoms with Crippen molar-refractivity contribution in [3.63, 3.8) is 0 Å². The number of hydrogen-bond acceptors (Lipinski definition) is 7. The van der Waals surface area contributed by atoms with Gasteiger partial charge < -0.3 is 19.5 Å². The summed E-state index contributed by atoms with van der Waals surface area (Å²) in [6, 6.07) is 10.5. The highest BCUT2D eigenvalue weighted by Gasteiger charge is 2.60. The summed E-state index contributed by atoms with van der Waals surface area (Å²) >= 11 is 0. The lowest BCUT2D eigenvalue weighted by molar-refractivity contribution is -0.0299. The Morgan fingerprint density at radius 3 is 2.91 bits per heavy atom. The summed E-state index contributed by atoms with van der Waals surface area (Å²) in [4.78, 5) is 8.80. The fourth-order valence-electron chi connectivity index (χ4n) is 4.74. The molecule has 0 radical (unpaired) electrons. The summed E-state index contributed by atoms with van der Waals surface area (Å²) < 4.78 is 32.3. The number of nitrogens with one attached hydrogen (secondary N) is 1. The number of halogens is 1. The molecule has 0 aliphatic carbocycles. The zero-order valence-electron chi connectivity index (χ0n) is 18.3. The van der Waals surface area contributed by atoms with Crippen LogP contribution in [-0.2, 0) is 9.47 Å². The van der Waals surface area contributed by atoms with Crippen LogP contribution in [0.3, 0.4) is 0 Å². The van der Waals surface area contributed by atoms with E-state index in [1.807, 2.05) is 19.9 Å². The molecule has 168 valence electrons. The number of nitriles is 1. The molecule has 0 bridgehead atoms. The van der Waals surface area contributed by atoms with Crippen molar-refractivity contribution in [2.45, 2.75) is 31.7 Å². The first-order valence-electron chi connectivity index (χ1n) is 10.7. The van der Waals surface area contributed by atoms with E-state index in [9.17, 15) is 9.65 Å². The van der Waals surface area contributed by atoms with Crippen LogP contribution >= 0.6 is 0 Å². The lowest BCUT2D eigenvalue weighted by atomic mass is 9.89. The van der Waals surface area contributed by atoms with Crippen LogP contribution in [0.5, 0.6) is 5.75 Å². The Morgan fingerprint density at radius 1 is 1.27 bits per heavy atom. The van der Waals surface area contributed by atoms with Gasteiger partial charge >= 0.3 is 0 Å². The van der Waals surface area contributed by atoms with Crippen LogP contribution in [-0.4, -0.2) is 41.0 Å². The fourth-order valence-corrected chi connectivity index (χ4v) is 4.74. The van der Waals surface area contributed by atoms with Crippen molar-refractivity contribution in [1.82, 2.24) is 9.97 Å². The van der Waals surface area contributed by atoms with Crippen LogP contribution in [0, 0.1) is 36.9 Å². The van der Waals surface area contributed by atoms with E-state index in [2.05, 4.69) is 34.0 Å². The molecule has 0 saturated carbocycles. The zero-order chi connectivity index (χ0) is 23.2. The maximum Gasteiger partial charge on any atom is 0.157 e. The third-order valence-corrected chi connectivity index (χ3v) is 6.28. The van der Waals surface area contributed by atoms with Crippen LogP contribution in [0.25, 0.3) is 10.9 Å². The maximum atomic E-state index is 14.2. The number of hydrogen-bond donors (Lipinski definition) is 1. The lowest BCUT2D eigenvalue weighted by Crippen LogP contribution is -2.47. The van der Waals surface area contributed by atoms with Crippen LogP contribution in [0.1, 0.15) is 11.1 Å². The van der Waals surface area contributed by atoms with E-state index < -0.39 is 29.5 Å². The second kappa shape index (κ2) is 8.10. The second-order valence-corrected chi connectivity index (χ2v) is 8.43. The van der Waals surface area contributed by atoms with Gasteiger partial charge in [-0.05, 0) is 43.2 Å². The number of fused-ring (bicyclic) bond motifs is 2. The van der Waals surface area contributed by atoms with E-state index >= 15 is 0 Å². The minimum atomic E-state index is -0.973. The van der Waals surface area contributed by atoms with Gasteiger partial charge in [-0.15, -0.1) is 0 Å². The normalized spacial score (nSPS) is 26.1. The van der Waals surface area contributed by atoms with Crippen molar-refractivity contribution in [3.05, 3.63) is 66.3 Å². The molecule has 3 aromatic rings. The third-order valence-electron chi connectivity index (χ3n) is 6.28. The first-order chi connectivity index (χ1) is 15.9. The summed E-state index contributed by atoms with van der Waals surface area (Å²) in [5, 5.41) is 13.6. The van der Waals surface area contributed by atoms with E-state index in [-0.39, 0.29) is 19.0 Å². The first kappa shape index (κ1) is 21.3. The van der Waals surface area contributed by atoms with Gasteiger partial charge in [-0.25, -0.2) is 14.4 Å². The zero-order valence-corrected chi connectivity index (χ0v) is 18.3. The Morgan fingerprint density at radius 2 is 2.12 bits per heavy atom. The predicted molar refractivity (Wildman–Crippen MR) is 121 cm³/mol. The molecule has 8 heteroatoms. The number of anilines is 2. The predicted octanol–water partition coefficient (Wildman–Crippen LogP) is 4.37. The molecular weight excluding hydrogens is 423 g/mol. The molecule has 7 nitrogen and oxygen atoms in total. The third kappa shape index (κ3) is 3.50.